The van der Waals surface area contributed by atoms with E-state index in [0.29, 0.717) is 5.82 Å². The summed E-state index contributed by atoms with van der Waals surface area (Å²) >= 11 is 5.89. The molecule has 0 bridgehead atoms. The maximum Gasteiger partial charge on any atom is 0.288 e. The quantitative estimate of drug-likeness (QED) is 0.801. The molecule has 0 aliphatic carbocycles. The molecule has 2 N–H and O–H groups in total. The number of aryl methyl sites for hydroxylation is 1. The van der Waals surface area contributed by atoms with Crippen LogP contribution in [-0.4, -0.2) is 20.7 Å². The molecule has 2 aromatic carbocycles. The molecule has 0 spiro atoms. The molecular weight excluding hydrogens is 312 g/mol. The summed E-state index contributed by atoms with van der Waals surface area (Å²) in [4.78, 5) is 15.2. The predicted octanol–water partition coefficient (Wildman–Crippen LogP) is 2.92. The van der Waals surface area contributed by atoms with Gasteiger partial charge in [-0.25, -0.2) is 9.67 Å². The summed E-state index contributed by atoms with van der Waals surface area (Å²) < 4.78 is 1.60. The Hall–Kier alpha value is -2.66. The van der Waals surface area contributed by atoms with E-state index in [1.807, 2.05) is 48.5 Å². The van der Waals surface area contributed by atoms with Gasteiger partial charge in [-0.05, 0) is 48.7 Å². The lowest BCUT2D eigenvalue weighted by Crippen LogP contribution is -2.13. The SMILES string of the molecule is Cc1nc(C(N)=O)nn1-c1ccc(Cc2ccc(Cl)cc2)cc1. The molecule has 3 rings (SSSR count). The van der Waals surface area contributed by atoms with Crippen LogP contribution >= 0.6 is 11.6 Å². The predicted molar refractivity (Wildman–Crippen MR) is 88.9 cm³/mol. The van der Waals surface area contributed by atoms with Crippen molar-refractivity contribution in [3.05, 3.63) is 76.3 Å². The number of primary amides is 1. The summed E-state index contributed by atoms with van der Waals surface area (Å²) in [7, 11) is 0. The smallest absolute Gasteiger partial charge is 0.288 e. The van der Waals surface area contributed by atoms with Crippen molar-refractivity contribution in [1.29, 1.82) is 0 Å². The standard InChI is InChI=1S/C17H15ClN4O/c1-11-20-17(16(19)23)21-22(11)15-8-4-13(5-9-15)10-12-2-6-14(18)7-3-12/h2-9H,10H2,1H3,(H2,19,23). The summed E-state index contributed by atoms with van der Waals surface area (Å²) in [6.07, 6.45) is 0.820. The van der Waals surface area contributed by atoms with Gasteiger partial charge in [-0.2, -0.15) is 0 Å². The summed E-state index contributed by atoms with van der Waals surface area (Å²) in [5.41, 5.74) is 8.40. The van der Waals surface area contributed by atoms with Crippen LogP contribution in [0.5, 0.6) is 0 Å². The number of halogens is 1. The monoisotopic (exact) mass is 326 g/mol. The molecule has 0 saturated heterocycles. The Morgan fingerprint density at radius 3 is 2.17 bits per heavy atom. The number of amides is 1. The Morgan fingerprint density at radius 2 is 1.65 bits per heavy atom. The van der Waals surface area contributed by atoms with Crippen molar-refractivity contribution in [3.63, 3.8) is 0 Å². The number of aromatic nitrogens is 3. The minimum absolute atomic E-state index is 0.0211. The van der Waals surface area contributed by atoms with Gasteiger partial charge in [0.2, 0.25) is 5.82 Å². The van der Waals surface area contributed by atoms with E-state index in [1.165, 1.54) is 11.1 Å². The lowest BCUT2D eigenvalue weighted by atomic mass is 10.0. The highest BCUT2D eigenvalue weighted by Gasteiger charge is 2.12. The number of carbonyl (C=O) groups is 1. The van der Waals surface area contributed by atoms with E-state index in [2.05, 4.69) is 10.1 Å². The molecule has 0 atom stereocenters. The molecule has 5 nitrogen and oxygen atoms in total. The molecule has 0 saturated carbocycles. The summed E-state index contributed by atoms with van der Waals surface area (Å²) in [5.74, 6) is 0.00296. The third-order valence-electron chi connectivity index (χ3n) is 3.49. The van der Waals surface area contributed by atoms with Gasteiger partial charge in [0, 0.05) is 5.02 Å². The van der Waals surface area contributed by atoms with Crippen LogP contribution in [0.2, 0.25) is 5.02 Å². The molecule has 0 fully saturated rings. The lowest BCUT2D eigenvalue weighted by Gasteiger charge is -2.06. The van der Waals surface area contributed by atoms with Crippen LogP contribution in [0.25, 0.3) is 5.69 Å². The number of hydrogen-bond donors (Lipinski definition) is 1. The van der Waals surface area contributed by atoms with Crippen molar-refractivity contribution in [2.24, 2.45) is 5.73 Å². The highest BCUT2D eigenvalue weighted by atomic mass is 35.5. The number of carbonyl (C=O) groups excluding carboxylic acids is 1. The lowest BCUT2D eigenvalue weighted by molar-refractivity contribution is 0.0990. The topological polar surface area (TPSA) is 73.8 Å². The van der Waals surface area contributed by atoms with Gasteiger partial charge in [0.25, 0.3) is 5.91 Å². The molecule has 0 unspecified atom stereocenters. The minimum Gasteiger partial charge on any atom is -0.363 e. The molecule has 0 aliphatic rings. The van der Waals surface area contributed by atoms with Crippen LogP contribution in [-0.2, 0) is 6.42 Å². The van der Waals surface area contributed by atoms with Gasteiger partial charge in [-0.15, -0.1) is 5.10 Å². The third-order valence-corrected chi connectivity index (χ3v) is 3.74. The van der Waals surface area contributed by atoms with Crippen molar-refractivity contribution in [2.75, 3.05) is 0 Å². The molecular formula is C17H15ClN4O. The third kappa shape index (κ3) is 3.40. The maximum atomic E-state index is 11.2. The number of rotatable bonds is 4. The van der Waals surface area contributed by atoms with Crippen LogP contribution in [0.3, 0.4) is 0 Å². The van der Waals surface area contributed by atoms with E-state index in [-0.39, 0.29) is 5.82 Å². The summed E-state index contributed by atoms with van der Waals surface area (Å²) in [5, 5.41) is 4.85. The van der Waals surface area contributed by atoms with Crippen molar-refractivity contribution >= 4 is 17.5 Å². The highest BCUT2D eigenvalue weighted by molar-refractivity contribution is 6.30. The Balaban J connectivity index is 1.82. The van der Waals surface area contributed by atoms with Crippen molar-refractivity contribution < 1.29 is 4.79 Å². The first-order valence-corrected chi connectivity index (χ1v) is 7.48. The van der Waals surface area contributed by atoms with Gasteiger partial charge >= 0.3 is 0 Å². The molecule has 23 heavy (non-hydrogen) atoms. The molecule has 1 aromatic heterocycles. The van der Waals surface area contributed by atoms with E-state index in [9.17, 15) is 4.79 Å². The Morgan fingerprint density at radius 1 is 1.09 bits per heavy atom. The molecule has 116 valence electrons. The highest BCUT2D eigenvalue weighted by Crippen LogP contribution is 2.16. The van der Waals surface area contributed by atoms with Gasteiger partial charge in [0.05, 0.1) is 5.69 Å². The van der Waals surface area contributed by atoms with Crippen molar-refractivity contribution in [2.45, 2.75) is 13.3 Å². The zero-order valence-corrected chi connectivity index (χ0v) is 13.3. The van der Waals surface area contributed by atoms with Crippen LogP contribution < -0.4 is 5.73 Å². The van der Waals surface area contributed by atoms with Gasteiger partial charge in [-0.3, -0.25) is 4.79 Å². The van der Waals surface area contributed by atoms with E-state index < -0.39 is 5.91 Å². The average Bonchev–Trinajstić information content (AvgIpc) is 2.93. The van der Waals surface area contributed by atoms with Crippen LogP contribution in [0, 0.1) is 6.92 Å². The van der Waals surface area contributed by atoms with Gasteiger partial charge in [-0.1, -0.05) is 35.9 Å². The Kier molecular flexibility index (Phi) is 4.12. The zero-order valence-electron chi connectivity index (χ0n) is 12.5. The first-order chi connectivity index (χ1) is 11.0. The van der Waals surface area contributed by atoms with Crippen molar-refractivity contribution in [3.8, 4) is 5.69 Å². The molecule has 6 heteroatoms. The molecule has 1 heterocycles. The Labute approximate surface area is 138 Å². The second-order valence-corrected chi connectivity index (χ2v) is 5.66. The second kappa shape index (κ2) is 6.22. The van der Waals surface area contributed by atoms with E-state index in [1.54, 1.807) is 11.6 Å². The number of nitrogens with zero attached hydrogens (tertiary/aromatic N) is 3. The van der Waals surface area contributed by atoms with Crippen LogP contribution in [0.15, 0.2) is 48.5 Å². The maximum absolute atomic E-state index is 11.2. The van der Waals surface area contributed by atoms with Gasteiger partial charge in [0.15, 0.2) is 0 Å². The first kappa shape index (κ1) is 15.2. The van der Waals surface area contributed by atoms with Crippen LogP contribution in [0.1, 0.15) is 27.6 Å². The number of benzene rings is 2. The van der Waals surface area contributed by atoms with E-state index >= 15 is 0 Å². The number of nitrogens with two attached hydrogens (primary N) is 1. The Bertz CT molecular complexity index is 838. The van der Waals surface area contributed by atoms with Gasteiger partial charge < -0.3 is 5.73 Å². The molecule has 3 aromatic rings. The second-order valence-electron chi connectivity index (χ2n) is 5.23. The fourth-order valence-corrected chi connectivity index (χ4v) is 2.46. The molecule has 0 aliphatic heterocycles. The fourth-order valence-electron chi connectivity index (χ4n) is 2.33. The largest absolute Gasteiger partial charge is 0.363 e. The number of hydrogen-bond acceptors (Lipinski definition) is 3. The molecule has 1 amide bonds. The summed E-state index contributed by atoms with van der Waals surface area (Å²) in [6, 6.07) is 15.7. The fraction of sp³-hybridized carbons (Fsp3) is 0.118. The molecule has 0 radical (unpaired) electrons. The van der Waals surface area contributed by atoms with Crippen molar-refractivity contribution in [1.82, 2.24) is 14.8 Å². The van der Waals surface area contributed by atoms with Gasteiger partial charge in [0.1, 0.15) is 5.82 Å². The summed E-state index contributed by atoms with van der Waals surface area (Å²) in [6.45, 7) is 1.78. The van der Waals surface area contributed by atoms with Crippen LogP contribution in [0.4, 0.5) is 0 Å². The zero-order chi connectivity index (χ0) is 16.4. The first-order valence-electron chi connectivity index (χ1n) is 7.10. The minimum atomic E-state index is -0.633. The van der Waals surface area contributed by atoms with E-state index in [0.717, 1.165) is 17.1 Å². The normalized spacial score (nSPS) is 10.7. The van der Waals surface area contributed by atoms with E-state index in [4.69, 9.17) is 17.3 Å². The average molecular weight is 327 g/mol.